The van der Waals surface area contributed by atoms with Crippen molar-refractivity contribution in [2.24, 2.45) is 0 Å². The molecule has 0 saturated carbocycles. The number of aromatic nitrogens is 2. The van der Waals surface area contributed by atoms with E-state index in [0.717, 1.165) is 16.8 Å². The summed E-state index contributed by atoms with van der Waals surface area (Å²) in [5.41, 5.74) is 2.90. The Morgan fingerprint density at radius 3 is 2.62 bits per heavy atom. The molecule has 1 heterocycles. The lowest BCUT2D eigenvalue weighted by molar-refractivity contribution is 0.532. The van der Waals surface area contributed by atoms with Gasteiger partial charge in [-0.1, -0.05) is 6.07 Å². The maximum absolute atomic E-state index is 11.6. The van der Waals surface area contributed by atoms with Crippen molar-refractivity contribution in [3.05, 3.63) is 41.7 Å². The quantitative estimate of drug-likeness (QED) is 0.922. The lowest BCUT2D eigenvalue weighted by Crippen LogP contribution is -2.04. The normalized spacial score (nSPS) is 11.9. The molecule has 0 amide bonds. The van der Waals surface area contributed by atoms with E-state index in [9.17, 15) is 8.42 Å². The third-order valence-corrected chi connectivity index (χ3v) is 4.41. The molecule has 1 aromatic heterocycles. The van der Waals surface area contributed by atoms with E-state index in [-0.39, 0.29) is 0 Å². The van der Waals surface area contributed by atoms with Crippen LogP contribution in [0.1, 0.15) is 31.0 Å². The van der Waals surface area contributed by atoms with Gasteiger partial charge in [0.15, 0.2) is 9.84 Å². The third kappa shape index (κ3) is 3.85. The number of sulfone groups is 1. The lowest BCUT2D eigenvalue weighted by Gasteiger charge is -2.10. The average Bonchev–Trinajstić information content (AvgIpc) is 2.85. The summed E-state index contributed by atoms with van der Waals surface area (Å²) in [5.74, 6) is 0. The molecule has 0 saturated heterocycles. The summed E-state index contributed by atoms with van der Waals surface area (Å²) in [4.78, 5) is 0.327. The first-order valence-corrected chi connectivity index (χ1v) is 8.74. The summed E-state index contributed by atoms with van der Waals surface area (Å²) in [7, 11) is -3.19. The Bertz CT molecular complexity index is 733. The van der Waals surface area contributed by atoms with Gasteiger partial charge in [-0.25, -0.2) is 8.42 Å². The predicted molar refractivity (Wildman–Crippen MR) is 84.2 cm³/mol. The number of aryl methyl sites for hydroxylation is 1. The molecule has 2 aromatic rings. The van der Waals surface area contributed by atoms with Gasteiger partial charge in [0.05, 0.1) is 11.1 Å². The van der Waals surface area contributed by atoms with Crippen molar-refractivity contribution in [3.63, 3.8) is 0 Å². The molecule has 1 N–H and O–H groups in total. The average molecular weight is 307 g/mol. The van der Waals surface area contributed by atoms with E-state index < -0.39 is 9.84 Å². The second-order valence-corrected chi connectivity index (χ2v) is 7.54. The van der Waals surface area contributed by atoms with Gasteiger partial charge in [-0.05, 0) is 38.5 Å². The standard InChI is InChI=1S/C15H21N3O2S/c1-11(2)18-10-13(9-17-18)8-16-15-7-14(21(4,19)20)6-5-12(15)3/h5-7,9-11,16H,8H2,1-4H3. The van der Waals surface area contributed by atoms with E-state index in [1.54, 1.807) is 12.1 Å². The van der Waals surface area contributed by atoms with Crippen LogP contribution < -0.4 is 5.32 Å². The lowest BCUT2D eigenvalue weighted by atomic mass is 10.2. The Hall–Kier alpha value is -1.82. The predicted octanol–water partition coefficient (Wildman–Crippen LogP) is 2.79. The number of hydrogen-bond donors (Lipinski definition) is 1. The molecule has 0 atom stereocenters. The van der Waals surface area contributed by atoms with Gasteiger partial charge in [-0.15, -0.1) is 0 Å². The van der Waals surface area contributed by atoms with E-state index in [2.05, 4.69) is 24.3 Å². The molecule has 0 spiro atoms. The second kappa shape index (κ2) is 5.89. The monoisotopic (exact) mass is 307 g/mol. The summed E-state index contributed by atoms with van der Waals surface area (Å²) in [6.07, 6.45) is 5.03. The molecule has 1 aromatic carbocycles. The highest BCUT2D eigenvalue weighted by molar-refractivity contribution is 7.90. The number of nitrogens with one attached hydrogen (secondary N) is 1. The van der Waals surface area contributed by atoms with Crippen LogP contribution in [0, 0.1) is 6.92 Å². The zero-order valence-electron chi connectivity index (χ0n) is 12.8. The molecule has 21 heavy (non-hydrogen) atoms. The molecule has 0 unspecified atom stereocenters. The van der Waals surface area contributed by atoms with Gasteiger partial charge >= 0.3 is 0 Å². The van der Waals surface area contributed by atoms with Crippen LogP contribution in [-0.4, -0.2) is 24.5 Å². The first kappa shape index (κ1) is 15.6. The highest BCUT2D eigenvalue weighted by Gasteiger charge is 2.09. The minimum atomic E-state index is -3.19. The molecule has 2 rings (SSSR count). The maximum atomic E-state index is 11.6. The van der Waals surface area contributed by atoms with Crippen molar-refractivity contribution < 1.29 is 8.42 Å². The van der Waals surface area contributed by atoms with E-state index in [1.807, 2.05) is 30.1 Å². The van der Waals surface area contributed by atoms with Gasteiger partial charge < -0.3 is 5.32 Å². The summed E-state index contributed by atoms with van der Waals surface area (Å²) in [5, 5.41) is 7.56. The Morgan fingerprint density at radius 1 is 1.33 bits per heavy atom. The van der Waals surface area contributed by atoms with Crippen LogP contribution in [0.15, 0.2) is 35.5 Å². The number of nitrogens with zero attached hydrogens (tertiary/aromatic N) is 2. The molecule has 0 aliphatic carbocycles. The highest BCUT2D eigenvalue weighted by atomic mass is 32.2. The molecule has 0 bridgehead atoms. The molecular formula is C15H21N3O2S. The molecule has 114 valence electrons. The largest absolute Gasteiger partial charge is 0.381 e. The Labute approximate surface area is 125 Å². The van der Waals surface area contributed by atoms with Gasteiger partial charge in [-0.3, -0.25) is 4.68 Å². The maximum Gasteiger partial charge on any atom is 0.175 e. The van der Waals surface area contributed by atoms with Gasteiger partial charge in [-0.2, -0.15) is 5.10 Å². The molecule has 5 nitrogen and oxygen atoms in total. The first-order chi connectivity index (χ1) is 9.77. The van der Waals surface area contributed by atoms with Gasteiger partial charge in [0.1, 0.15) is 0 Å². The Balaban J connectivity index is 2.15. The highest BCUT2D eigenvalue weighted by Crippen LogP contribution is 2.21. The van der Waals surface area contributed by atoms with Crippen molar-refractivity contribution in [3.8, 4) is 0 Å². The van der Waals surface area contributed by atoms with E-state index in [0.29, 0.717) is 17.5 Å². The Kier molecular flexibility index (Phi) is 4.37. The fourth-order valence-electron chi connectivity index (χ4n) is 1.97. The minimum Gasteiger partial charge on any atom is -0.381 e. The van der Waals surface area contributed by atoms with Crippen molar-refractivity contribution in [1.29, 1.82) is 0 Å². The zero-order valence-corrected chi connectivity index (χ0v) is 13.6. The summed E-state index contributed by atoms with van der Waals surface area (Å²) in [6, 6.07) is 5.45. The SMILES string of the molecule is Cc1ccc(S(C)(=O)=O)cc1NCc1cnn(C(C)C)c1. The minimum absolute atomic E-state index is 0.327. The van der Waals surface area contributed by atoms with Crippen LogP contribution in [0.25, 0.3) is 0 Å². The van der Waals surface area contributed by atoms with Crippen molar-refractivity contribution in [2.45, 2.75) is 38.3 Å². The number of hydrogen-bond acceptors (Lipinski definition) is 4. The number of benzene rings is 1. The van der Waals surface area contributed by atoms with Crippen LogP contribution in [0.3, 0.4) is 0 Å². The van der Waals surface area contributed by atoms with Gasteiger partial charge in [0.2, 0.25) is 0 Å². The summed E-state index contributed by atoms with van der Waals surface area (Å²) in [6.45, 7) is 6.71. The van der Waals surface area contributed by atoms with Gasteiger partial charge in [0.25, 0.3) is 0 Å². The molecule has 0 aliphatic heterocycles. The van der Waals surface area contributed by atoms with Crippen LogP contribution in [0.5, 0.6) is 0 Å². The Morgan fingerprint density at radius 2 is 2.05 bits per heavy atom. The third-order valence-electron chi connectivity index (χ3n) is 3.30. The van der Waals surface area contributed by atoms with Crippen molar-refractivity contribution >= 4 is 15.5 Å². The van der Waals surface area contributed by atoms with Crippen molar-refractivity contribution in [2.75, 3.05) is 11.6 Å². The van der Waals surface area contributed by atoms with Crippen molar-refractivity contribution in [1.82, 2.24) is 9.78 Å². The summed E-state index contributed by atoms with van der Waals surface area (Å²) < 4.78 is 25.1. The molecule has 0 radical (unpaired) electrons. The van der Waals surface area contributed by atoms with E-state index in [1.165, 1.54) is 6.26 Å². The number of rotatable bonds is 5. The fourth-order valence-corrected chi connectivity index (χ4v) is 2.62. The smallest absolute Gasteiger partial charge is 0.175 e. The van der Waals surface area contributed by atoms with Crippen LogP contribution in [0.2, 0.25) is 0 Å². The topological polar surface area (TPSA) is 64.0 Å². The molecule has 0 aliphatic rings. The molecular weight excluding hydrogens is 286 g/mol. The number of anilines is 1. The van der Waals surface area contributed by atoms with E-state index >= 15 is 0 Å². The van der Waals surface area contributed by atoms with Gasteiger partial charge in [0, 0.05) is 36.3 Å². The molecule has 6 heteroatoms. The summed E-state index contributed by atoms with van der Waals surface area (Å²) >= 11 is 0. The molecule has 0 fully saturated rings. The van der Waals surface area contributed by atoms with Crippen LogP contribution >= 0.6 is 0 Å². The van der Waals surface area contributed by atoms with E-state index in [4.69, 9.17) is 0 Å². The second-order valence-electron chi connectivity index (χ2n) is 5.52. The fraction of sp³-hybridized carbons (Fsp3) is 0.400. The first-order valence-electron chi connectivity index (χ1n) is 6.85. The zero-order chi connectivity index (χ0) is 15.6. The van der Waals surface area contributed by atoms with Crippen LogP contribution in [-0.2, 0) is 16.4 Å². The van der Waals surface area contributed by atoms with Crippen LogP contribution in [0.4, 0.5) is 5.69 Å².